The number of hydrogen-bond acceptors (Lipinski definition) is 3. The Bertz CT molecular complexity index is 655. The molecule has 0 heterocycles. The highest BCUT2D eigenvalue weighted by Gasteiger charge is 2.30. The molecule has 1 aliphatic carbocycles. The molecule has 0 saturated heterocycles. The molecule has 1 aliphatic rings. The van der Waals surface area contributed by atoms with Gasteiger partial charge in [0.05, 0.1) is 18.8 Å². The molecule has 0 aromatic heterocycles. The molecule has 1 saturated carbocycles. The van der Waals surface area contributed by atoms with Crippen molar-refractivity contribution in [3.05, 3.63) is 42.0 Å². The Morgan fingerprint density at radius 2 is 1.83 bits per heavy atom. The van der Waals surface area contributed by atoms with Crippen molar-refractivity contribution in [1.29, 1.82) is 0 Å². The van der Waals surface area contributed by atoms with Crippen LogP contribution in [0.15, 0.2) is 36.4 Å². The van der Waals surface area contributed by atoms with Gasteiger partial charge in [-0.1, -0.05) is 49.6 Å². The summed E-state index contributed by atoms with van der Waals surface area (Å²) in [7, 11) is 0. The van der Waals surface area contributed by atoms with Crippen molar-refractivity contribution in [2.24, 2.45) is 11.7 Å². The van der Waals surface area contributed by atoms with Gasteiger partial charge >= 0.3 is 0 Å². The van der Waals surface area contributed by atoms with E-state index in [1.54, 1.807) is 0 Å². The number of benzene rings is 2. The van der Waals surface area contributed by atoms with Crippen molar-refractivity contribution in [3.63, 3.8) is 0 Å². The maximum atomic E-state index is 10.9. The van der Waals surface area contributed by atoms with E-state index in [-0.39, 0.29) is 12.4 Å². The monoisotopic (exact) mass is 349 g/mol. The molecule has 2 atom stereocenters. The van der Waals surface area contributed by atoms with Crippen LogP contribution in [0.1, 0.15) is 50.6 Å². The van der Waals surface area contributed by atoms with Crippen LogP contribution in [0.2, 0.25) is 0 Å². The zero-order valence-corrected chi connectivity index (χ0v) is 15.1. The first kappa shape index (κ1) is 19.0. The van der Waals surface area contributed by atoms with Crippen LogP contribution in [0, 0.1) is 5.92 Å². The van der Waals surface area contributed by atoms with Crippen LogP contribution < -0.4 is 10.5 Å². The summed E-state index contributed by atoms with van der Waals surface area (Å²) < 4.78 is 5.81. The smallest absolute Gasteiger partial charge is 0.124 e. The molecule has 0 amide bonds. The lowest BCUT2D eigenvalue weighted by Gasteiger charge is -2.31. The molecule has 0 spiro atoms. The second-order valence-corrected chi connectivity index (χ2v) is 6.55. The van der Waals surface area contributed by atoms with Gasteiger partial charge in [0.25, 0.3) is 0 Å². The van der Waals surface area contributed by atoms with E-state index in [1.165, 1.54) is 19.3 Å². The minimum atomic E-state index is -0.514. The highest BCUT2D eigenvalue weighted by Crippen LogP contribution is 2.38. The zero-order chi connectivity index (χ0) is 16.2. The van der Waals surface area contributed by atoms with E-state index >= 15 is 0 Å². The Kier molecular flexibility index (Phi) is 6.90. The average Bonchev–Trinajstić information content (AvgIpc) is 2.61. The van der Waals surface area contributed by atoms with E-state index < -0.39 is 12.1 Å². The van der Waals surface area contributed by atoms with E-state index in [4.69, 9.17) is 10.5 Å². The number of aliphatic hydroxyl groups excluding tert-OH is 1. The Morgan fingerprint density at radius 3 is 2.54 bits per heavy atom. The van der Waals surface area contributed by atoms with E-state index in [0.717, 1.165) is 34.9 Å². The zero-order valence-electron chi connectivity index (χ0n) is 14.3. The van der Waals surface area contributed by atoms with Gasteiger partial charge in [0.2, 0.25) is 0 Å². The fourth-order valence-corrected chi connectivity index (χ4v) is 3.84. The third-order valence-electron chi connectivity index (χ3n) is 5.06. The number of rotatable bonds is 5. The van der Waals surface area contributed by atoms with Gasteiger partial charge in [0, 0.05) is 5.56 Å². The maximum Gasteiger partial charge on any atom is 0.124 e. The quantitative estimate of drug-likeness (QED) is 0.829. The third-order valence-corrected chi connectivity index (χ3v) is 5.06. The third kappa shape index (κ3) is 3.85. The number of aliphatic hydroxyl groups is 1. The summed E-state index contributed by atoms with van der Waals surface area (Å²) in [6.45, 7) is 2.57. The fraction of sp³-hybridized carbons (Fsp3) is 0.500. The number of fused-ring (bicyclic) bond motifs is 1. The van der Waals surface area contributed by atoms with Crippen molar-refractivity contribution in [3.8, 4) is 5.75 Å². The van der Waals surface area contributed by atoms with Crippen molar-refractivity contribution < 1.29 is 9.84 Å². The van der Waals surface area contributed by atoms with Crippen molar-refractivity contribution >= 4 is 23.2 Å². The first-order chi connectivity index (χ1) is 11.2. The van der Waals surface area contributed by atoms with Crippen LogP contribution in [0.5, 0.6) is 5.75 Å². The first-order valence-corrected chi connectivity index (χ1v) is 8.80. The largest absolute Gasteiger partial charge is 0.494 e. The summed E-state index contributed by atoms with van der Waals surface area (Å²) in [6, 6.07) is 11.8. The van der Waals surface area contributed by atoms with Crippen molar-refractivity contribution in [2.75, 3.05) is 6.61 Å². The lowest BCUT2D eigenvalue weighted by molar-refractivity contribution is 0.0613. The molecular formula is C20H28ClNO2. The number of halogens is 1. The number of ether oxygens (including phenoxy) is 1. The normalized spacial score (nSPS) is 18.0. The Hall–Kier alpha value is -1.29. The van der Waals surface area contributed by atoms with Crippen molar-refractivity contribution in [2.45, 2.75) is 51.2 Å². The Balaban J connectivity index is 0.00000208. The van der Waals surface area contributed by atoms with E-state index in [2.05, 4.69) is 18.2 Å². The molecular weight excluding hydrogens is 322 g/mol. The first-order valence-electron chi connectivity index (χ1n) is 8.80. The molecule has 2 aromatic carbocycles. The van der Waals surface area contributed by atoms with E-state index in [1.807, 2.05) is 25.1 Å². The standard InChI is InChI=1S/C20H27NO2.ClH/c1-2-23-17-13-12-14-8-6-7-11-16(14)18(17)19(21)20(22)15-9-4-3-5-10-15;/h6-8,11-13,15,19-20,22H,2-5,9-10,21H2,1H3;1H/t19-,20+;/m0./s1. The second-order valence-electron chi connectivity index (χ2n) is 6.55. The number of nitrogens with two attached hydrogens (primary N) is 1. The summed E-state index contributed by atoms with van der Waals surface area (Å²) in [6.07, 6.45) is 5.30. The lowest BCUT2D eigenvalue weighted by atomic mass is 9.80. The van der Waals surface area contributed by atoms with Gasteiger partial charge in [0.15, 0.2) is 0 Å². The molecule has 0 aliphatic heterocycles. The summed E-state index contributed by atoms with van der Waals surface area (Å²) in [4.78, 5) is 0. The van der Waals surface area contributed by atoms with Crippen LogP contribution >= 0.6 is 12.4 Å². The highest BCUT2D eigenvalue weighted by molar-refractivity contribution is 5.88. The van der Waals surface area contributed by atoms with Gasteiger partial charge in [-0.15, -0.1) is 12.4 Å². The predicted octanol–water partition coefficient (Wildman–Crippen LogP) is 4.60. The molecule has 0 radical (unpaired) electrons. The van der Waals surface area contributed by atoms with Crippen LogP contribution in [-0.4, -0.2) is 17.8 Å². The van der Waals surface area contributed by atoms with E-state index in [0.29, 0.717) is 12.5 Å². The Labute approximate surface area is 150 Å². The Morgan fingerprint density at radius 1 is 1.12 bits per heavy atom. The molecule has 24 heavy (non-hydrogen) atoms. The van der Waals surface area contributed by atoms with Crippen molar-refractivity contribution in [1.82, 2.24) is 0 Å². The molecule has 3 rings (SSSR count). The van der Waals surface area contributed by atoms with Gasteiger partial charge in [0.1, 0.15) is 5.75 Å². The molecule has 1 fully saturated rings. The van der Waals surface area contributed by atoms with Crippen LogP contribution in [0.25, 0.3) is 10.8 Å². The van der Waals surface area contributed by atoms with Gasteiger partial charge in [-0.3, -0.25) is 0 Å². The topological polar surface area (TPSA) is 55.5 Å². The van der Waals surface area contributed by atoms with Gasteiger partial charge in [-0.25, -0.2) is 0 Å². The molecule has 3 N–H and O–H groups in total. The molecule has 132 valence electrons. The predicted molar refractivity (Wildman–Crippen MR) is 102 cm³/mol. The molecule has 2 aromatic rings. The fourth-order valence-electron chi connectivity index (χ4n) is 3.84. The van der Waals surface area contributed by atoms with Crippen LogP contribution in [0.4, 0.5) is 0 Å². The number of hydrogen-bond donors (Lipinski definition) is 2. The maximum absolute atomic E-state index is 10.9. The second kappa shape index (κ2) is 8.70. The molecule has 0 unspecified atom stereocenters. The minimum Gasteiger partial charge on any atom is -0.494 e. The molecule has 3 nitrogen and oxygen atoms in total. The van der Waals surface area contributed by atoms with E-state index in [9.17, 15) is 5.11 Å². The molecule has 0 bridgehead atoms. The summed E-state index contributed by atoms with van der Waals surface area (Å²) in [5, 5.41) is 13.1. The SMILES string of the molecule is CCOc1ccc2ccccc2c1[C@H](N)[C@H](O)C1CCCCC1.Cl. The summed E-state index contributed by atoms with van der Waals surface area (Å²) in [5.41, 5.74) is 7.48. The summed E-state index contributed by atoms with van der Waals surface area (Å²) in [5.74, 6) is 1.10. The minimum absolute atomic E-state index is 0. The summed E-state index contributed by atoms with van der Waals surface area (Å²) >= 11 is 0. The van der Waals surface area contributed by atoms with Gasteiger partial charge < -0.3 is 15.6 Å². The van der Waals surface area contributed by atoms with Gasteiger partial charge in [-0.2, -0.15) is 0 Å². The van der Waals surface area contributed by atoms with Gasteiger partial charge in [-0.05, 0) is 42.5 Å². The lowest BCUT2D eigenvalue weighted by Crippen LogP contribution is -2.34. The van der Waals surface area contributed by atoms with Crippen LogP contribution in [-0.2, 0) is 0 Å². The highest BCUT2D eigenvalue weighted by atomic mass is 35.5. The van der Waals surface area contributed by atoms with Crippen LogP contribution in [0.3, 0.4) is 0 Å². The molecule has 4 heteroatoms. The average molecular weight is 350 g/mol.